The molecule has 0 bridgehead atoms. The molecular weight excluding hydrogens is 412 g/mol. The maximum atomic E-state index is 5.89. The normalized spacial score (nSPS) is 11.1. The zero-order valence-corrected chi connectivity index (χ0v) is 19.5. The summed E-state index contributed by atoms with van der Waals surface area (Å²) in [6.07, 6.45) is 0. The second-order valence-corrected chi connectivity index (χ2v) is 9.12. The highest BCUT2D eigenvalue weighted by atomic mass is 32.1. The summed E-state index contributed by atoms with van der Waals surface area (Å²) in [5.41, 5.74) is 3.40. The predicted molar refractivity (Wildman–Crippen MR) is 132 cm³/mol. The van der Waals surface area contributed by atoms with Gasteiger partial charge in [-0.15, -0.1) is 0 Å². The van der Waals surface area contributed by atoms with Gasteiger partial charge in [0, 0.05) is 36.4 Å². The molecule has 30 heavy (non-hydrogen) atoms. The van der Waals surface area contributed by atoms with Crippen LogP contribution in [0.3, 0.4) is 0 Å². The van der Waals surface area contributed by atoms with Crippen molar-refractivity contribution in [2.24, 2.45) is 0 Å². The molecule has 0 aliphatic heterocycles. The molecule has 158 valence electrons. The van der Waals surface area contributed by atoms with Crippen LogP contribution in [-0.2, 0) is 5.41 Å². The summed E-state index contributed by atoms with van der Waals surface area (Å²) in [5, 5.41) is 7.83. The zero-order valence-electron chi connectivity index (χ0n) is 17.8. The van der Waals surface area contributed by atoms with E-state index >= 15 is 0 Å². The average Bonchev–Trinajstić information content (AvgIpc) is 3.24. The van der Waals surface area contributed by atoms with E-state index < -0.39 is 0 Å². The van der Waals surface area contributed by atoms with Crippen molar-refractivity contribution in [2.45, 2.75) is 26.2 Å². The van der Waals surface area contributed by atoms with Gasteiger partial charge in [0.15, 0.2) is 0 Å². The fourth-order valence-corrected chi connectivity index (χ4v) is 3.62. The Hall–Kier alpha value is -2.57. The summed E-state index contributed by atoms with van der Waals surface area (Å²) in [7, 11) is 1.89. The Balaban J connectivity index is 1.54. The molecule has 0 spiro atoms. The third-order valence-electron chi connectivity index (χ3n) is 4.63. The quantitative estimate of drug-likeness (QED) is 0.343. The van der Waals surface area contributed by atoms with E-state index in [-0.39, 0.29) is 5.41 Å². The summed E-state index contributed by atoms with van der Waals surface area (Å²) in [6, 6.07) is 18.0. The molecule has 0 saturated carbocycles. The predicted octanol–water partition coefficient (Wildman–Crippen LogP) is 6.34. The van der Waals surface area contributed by atoms with E-state index in [1.165, 1.54) is 5.56 Å². The minimum absolute atomic E-state index is 0.107. The second-order valence-electron chi connectivity index (χ2n) is 7.99. The van der Waals surface area contributed by atoms with Crippen molar-refractivity contribution in [3.8, 4) is 11.5 Å². The van der Waals surface area contributed by atoms with Gasteiger partial charge in [0.25, 0.3) is 5.17 Å². The number of anilines is 2. The van der Waals surface area contributed by atoms with Crippen LogP contribution < -0.4 is 19.7 Å². The lowest BCUT2D eigenvalue weighted by molar-refractivity contribution is 0.333. The molecule has 3 rings (SSSR count). The number of nitrogens with zero attached hydrogens (tertiary/aromatic N) is 1. The van der Waals surface area contributed by atoms with Crippen LogP contribution in [0.5, 0.6) is 11.5 Å². The number of hydrogen-bond acceptors (Lipinski definition) is 5. The van der Waals surface area contributed by atoms with Gasteiger partial charge in [-0.3, -0.25) is 0 Å². The van der Waals surface area contributed by atoms with Gasteiger partial charge in [0.2, 0.25) is 0 Å². The summed E-state index contributed by atoms with van der Waals surface area (Å²) in [6.45, 7) is 7.88. The smallest absolute Gasteiger partial charge is 0.269 e. The molecule has 0 aliphatic carbocycles. The van der Waals surface area contributed by atoms with Gasteiger partial charge in [-0.05, 0) is 58.9 Å². The van der Waals surface area contributed by atoms with E-state index in [9.17, 15) is 0 Å². The van der Waals surface area contributed by atoms with Crippen molar-refractivity contribution in [1.82, 2.24) is 0 Å². The summed E-state index contributed by atoms with van der Waals surface area (Å²) in [5.74, 6) is 1.52. The van der Waals surface area contributed by atoms with Crippen molar-refractivity contribution in [3.05, 3.63) is 70.9 Å². The number of rotatable bonds is 7. The number of hydrogen-bond donors (Lipinski definition) is 1. The first kappa shape index (κ1) is 22.1. The molecule has 4 nitrogen and oxygen atoms in total. The summed E-state index contributed by atoms with van der Waals surface area (Å²) < 4.78 is 11.8. The van der Waals surface area contributed by atoms with Gasteiger partial charge < -0.3 is 19.7 Å². The minimum atomic E-state index is 0.107. The number of nitrogens with one attached hydrogen (secondary N) is 1. The fraction of sp³-hybridized carbons (Fsp3) is 0.292. The Morgan fingerprint density at radius 1 is 1.07 bits per heavy atom. The maximum Gasteiger partial charge on any atom is 0.269 e. The molecule has 0 saturated heterocycles. The topological polar surface area (TPSA) is 33.7 Å². The van der Waals surface area contributed by atoms with Crippen molar-refractivity contribution >= 4 is 40.1 Å². The third-order valence-corrected chi connectivity index (χ3v) is 5.67. The molecular formula is C24H28N2O2S2. The van der Waals surface area contributed by atoms with Crippen molar-refractivity contribution in [3.63, 3.8) is 0 Å². The number of thiophene rings is 1. The van der Waals surface area contributed by atoms with Crippen LogP contribution in [-0.4, -0.2) is 25.4 Å². The molecule has 1 aromatic heterocycles. The largest absolute Gasteiger partial charge is 0.492 e. The van der Waals surface area contributed by atoms with Crippen LogP contribution in [0.15, 0.2) is 65.4 Å². The van der Waals surface area contributed by atoms with Crippen molar-refractivity contribution in [1.29, 1.82) is 0 Å². The number of benzene rings is 2. The Bertz CT molecular complexity index is 948. The third kappa shape index (κ3) is 6.21. The molecule has 1 heterocycles. The zero-order chi connectivity index (χ0) is 21.6. The Morgan fingerprint density at radius 2 is 1.83 bits per heavy atom. The van der Waals surface area contributed by atoms with Crippen molar-refractivity contribution < 1.29 is 9.47 Å². The van der Waals surface area contributed by atoms with E-state index in [0.29, 0.717) is 11.8 Å². The molecule has 0 aliphatic rings. The lowest BCUT2D eigenvalue weighted by atomic mass is 9.87. The first-order valence-electron chi connectivity index (χ1n) is 9.88. The van der Waals surface area contributed by atoms with E-state index in [2.05, 4.69) is 49.7 Å². The standard InChI is InChI=1S/C24H28N2O2S2/c1-24(2,3)18-8-10-21(11-9-18)28-23(29)26(4)20-6-5-7-22(16-20)27-14-13-25-19-12-15-30-17-19/h5-12,15-17,25H,13-14H2,1-4H3. The monoisotopic (exact) mass is 440 g/mol. The summed E-state index contributed by atoms with van der Waals surface area (Å²) >= 11 is 7.17. The molecule has 3 aromatic rings. The van der Waals surface area contributed by atoms with Gasteiger partial charge in [-0.25, -0.2) is 0 Å². The highest BCUT2D eigenvalue weighted by Crippen LogP contribution is 2.25. The highest BCUT2D eigenvalue weighted by Gasteiger charge is 2.14. The molecule has 0 unspecified atom stereocenters. The molecule has 0 atom stereocenters. The highest BCUT2D eigenvalue weighted by molar-refractivity contribution is 7.80. The van der Waals surface area contributed by atoms with Crippen LogP contribution in [0.1, 0.15) is 26.3 Å². The van der Waals surface area contributed by atoms with Gasteiger partial charge >= 0.3 is 0 Å². The fourth-order valence-electron chi connectivity index (χ4n) is 2.81. The molecule has 1 N–H and O–H groups in total. The molecule has 0 amide bonds. The first-order valence-corrected chi connectivity index (χ1v) is 11.2. The van der Waals surface area contributed by atoms with Crippen LogP contribution >= 0.6 is 23.6 Å². The number of ether oxygens (including phenoxy) is 2. The van der Waals surface area contributed by atoms with Gasteiger partial charge in [-0.1, -0.05) is 39.0 Å². The number of thiocarbonyl (C=S) groups is 1. The van der Waals surface area contributed by atoms with Crippen LogP contribution in [0.25, 0.3) is 0 Å². The van der Waals surface area contributed by atoms with Crippen LogP contribution in [0, 0.1) is 0 Å². The van der Waals surface area contributed by atoms with Gasteiger partial charge in [0.1, 0.15) is 18.1 Å². The van der Waals surface area contributed by atoms with Crippen LogP contribution in [0.2, 0.25) is 0 Å². The van der Waals surface area contributed by atoms with E-state index in [0.717, 1.165) is 29.4 Å². The minimum Gasteiger partial charge on any atom is -0.492 e. The second kappa shape index (κ2) is 9.96. The molecule has 0 fully saturated rings. The molecule has 6 heteroatoms. The molecule has 0 radical (unpaired) electrons. The van der Waals surface area contributed by atoms with E-state index in [4.69, 9.17) is 21.7 Å². The van der Waals surface area contributed by atoms with E-state index in [1.807, 2.05) is 53.7 Å². The Labute approximate surface area is 188 Å². The van der Waals surface area contributed by atoms with E-state index in [1.54, 1.807) is 11.3 Å². The van der Waals surface area contributed by atoms with Crippen molar-refractivity contribution in [2.75, 3.05) is 30.4 Å². The van der Waals surface area contributed by atoms with Gasteiger partial charge in [-0.2, -0.15) is 11.3 Å². The SMILES string of the molecule is CN(C(=S)Oc1ccc(C(C)(C)C)cc1)c1cccc(OCCNc2ccsc2)c1. The Morgan fingerprint density at radius 3 is 2.50 bits per heavy atom. The van der Waals surface area contributed by atoms with Gasteiger partial charge in [0.05, 0.1) is 0 Å². The lowest BCUT2D eigenvalue weighted by Gasteiger charge is -2.22. The maximum absolute atomic E-state index is 5.89. The Kier molecular flexibility index (Phi) is 7.34. The first-order chi connectivity index (χ1) is 14.3. The molecule has 2 aromatic carbocycles. The summed E-state index contributed by atoms with van der Waals surface area (Å²) in [4.78, 5) is 1.84. The van der Waals surface area contributed by atoms with Crippen LogP contribution in [0.4, 0.5) is 11.4 Å². The lowest BCUT2D eigenvalue weighted by Crippen LogP contribution is -2.29. The average molecular weight is 441 g/mol.